The average molecular weight is 257 g/mol. The molecule has 2 saturated carbocycles. The maximum atomic E-state index is 11.8. The monoisotopic (exact) mass is 257 g/mol. The fourth-order valence-corrected chi connectivity index (χ4v) is 4.15. The molecule has 0 heterocycles. The molecule has 0 aromatic heterocycles. The molecule has 0 aliphatic heterocycles. The first-order valence-corrected chi connectivity index (χ1v) is 7.70. The van der Waals surface area contributed by atoms with Crippen LogP contribution in [0.5, 0.6) is 0 Å². The third-order valence-corrected chi connectivity index (χ3v) is 5.57. The minimum atomic E-state index is -0.725. The van der Waals surface area contributed by atoms with E-state index in [1.54, 1.807) is 0 Å². The SMILES string of the molecule is COC(=O)C(N)(CSC1CCCCC1)C1CC1. The lowest BCUT2D eigenvalue weighted by Crippen LogP contribution is -2.53. The van der Waals surface area contributed by atoms with Crippen LogP contribution < -0.4 is 5.73 Å². The molecular weight excluding hydrogens is 234 g/mol. The van der Waals surface area contributed by atoms with Gasteiger partial charge in [-0.2, -0.15) is 11.8 Å². The highest BCUT2D eigenvalue weighted by Crippen LogP contribution is 2.42. The van der Waals surface area contributed by atoms with Crippen molar-refractivity contribution < 1.29 is 9.53 Å². The Hall–Kier alpha value is -0.220. The molecule has 2 aliphatic rings. The van der Waals surface area contributed by atoms with Gasteiger partial charge in [-0.1, -0.05) is 19.3 Å². The van der Waals surface area contributed by atoms with E-state index in [4.69, 9.17) is 10.5 Å². The lowest BCUT2D eigenvalue weighted by Gasteiger charge is -2.29. The predicted octanol–water partition coefficient (Wildman–Crippen LogP) is 2.33. The predicted molar refractivity (Wildman–Crippen MR) is 71.0 cm³/mol. The van der Waals surface area contributed by atoms with Gasteiger partial charge in [0.05, 0.1) is 7.11 Å². The fraction of sp³-hybridized carbons (Fsp3) is 0.923. The fourth-order valence-electron chi connectivity index (χ4n) is 2.62. The number of hydrogen-bond acceptors (Lipinski definition) is 4. The largest absolute Gasteiger partial charge is 0.468 e. The third-order valence-electron chi connectivity index (χ3n) is 3.98. The van der Waals surface area contributed by atoms with E-state index in [1.165, 1.54) is 39.2 Å². The molecule has 98 valence electrons. The van der Waals surface area contributed by atoms with E-state index < -0.39 is 5.54 Å². The van der Waals surface area contributed by atoms with Crippen molar-refractivity contribution in [2.45, 2.75) is 55.7 Å². The lowest BCUT2D eigenvalue weighted by atomic mass is 9.97. The van der Waals surface area contributed by atoms with Crippen LogP contribution in [0, 0.1) is 5.92 Å². The second-order valence-corrected chi connectivity index (χ2v) is 6.67. The van der Waals surface area contributed by atoms with Crippen molar-refractivity contribution >= 4 is 17.7 Å². The molecule has 2 aliphatic carbocycles. The Kier molecular flexibility index (Phi) is 4.36. The van der Waals surface area contributed by atoms with E-state index in [0.717, 1.165) is 18.6 Å². The van der Waals surface area contributed by atoms with Crippen molar-refractivity contribution in [3.8, 4) is 0 Å². The van der Waals surface area contributed by atoms with Crippen LogP contribution in [0.25, 0.3) is 0 Å². The van der Waals surface area contributed by atoms with E-state index in [9.17, 15) is 4.79 Å². The summed E-state index contributed by atoms with van der Waals surface area (Å²) in [6.07, 6.45) is 8.76. The van der Waals surface area contributed by atoms with Gasteiger partial charge in [0, 0.05) is 11.0 Å². The van der Waals surface area contributed by atoms with Gasteiger partial charge in [-0.25, -0.2) is 0 Å². The van der Waals surface area contributed by atoms with Crippen LogP contribution in [0.3, 0.4) is 0 Å². The Morgan fingerprint density at radius 3 is 2.47 bits per heavy atom. The molecule has 4 heteroatoms. The zero-order valence-corrected chi connectivity index (χ0v) is 11.4. The number of carbonyl (C=O) groups excluding carboxylic acids is 1. The second kappa shape index (κ2) is 5.61. The molecule has 17 heavy (non-hydrogen) atoms. The van der Waals surface area contributed by atoms with E-state index in [1.807, 2.05) is 11.8 Å². The van der Waals surface area contributed by atoms with Crippen LogP contribution in [0.2, 0.25) is 0 Å². The van der Waals surface area contributed by atoms with E-state index >= 15 is 0 Å². The average Bonchev–Trinajstić information content (AvgIpc) is 3.20. The summed E-state index contributed by atoms with van der Waals surface area (Å²) in [5, 5.41) is 0.704. The van der Waals surface area contributed by atoms with Gasteiger partial charge in [-0.3, -0.25) is 4.79 Å². The second-order valence-electron chi connectivity index (χ2n) is 5.38. The molecule has 1 atom stereocenters. The van der Waals surface area contributed by atoms with Gasteiger partial charge in [0.15, 0.2) is 0 Å². The Morgan fingerprint density at radius 2 is 1.94 bits per heavy atom. The highest BCUT2D eigenvalue weighted by molar-refractivity contribution is 8.00. The summed E-state index contributed by atoms with van der Waals surface area (Å²) in [5.41, 5.74) is 5.55. The number of methoxy groups -OCH3 is 1. The molecule has 0 aromatic carbocycles. The minimum absolute atomic E-state index is 0.219. The number of esters is 1. The normalized spacial score (nSPS) is 25.3. The summed E-state index contributed by atoms with van der Waals surface area (Å²) in [6, 6.07) is 0. The van der Waals surface area contributed by atoms with Gasteiger partial charge in [0.1, 0.15) is 5.54 Å². The van der Waals surface area contributed by atoms with Crippen LogP contribution in [-0.4, -0.2) is 29.6 Å². The molecule has 0 spiro atoms. The van der Waals surface area contributed by atoms with E-state index in [0.29, 0.717) is 11.2 Å². The van der Waals surface area contributed by atoms with Gasteiger partial charge in [-0.15, -0.1) is 0 Å². The molecule has 0 radical (unpaired) electrons. The molecule has 2 fully saturated rings. The quantitative estimate of drug-likeness (QED) is 0.768. The number of carbonyl (C=O) groups is 1. The van der Waals surface area contributed by atoms with Crippen LogP contribution in [-0.2, 0) is 9.53 Å². The Labute approximate surface area is 108 Å². The van der Waals surface area contributed by atoms with Gasteiger partial charge >= 0.3 is 5.97 Å². The third kappa shape index (κ3) is 3.16. The Balaban J connectivity index is 1.86. The summed E-state index contributed by atoms with van der Waals surface area (Å²) < 4.78 is 4.88. The summed E-state index contributed by atoms with van der Waals surface area (Å²) in [5.74, 6) is 0.865. The molecule has 0 aromatic rings. The standard InChI is InChI=1S/C13H23NO2S/c1-16-12(15)13(14,10-7-8-10)9-17-11-5-3-2-4-6-11/h10-11H,2-9,14H2,1H3. The van der Waals surface area contributed by atoms with Gasteiger partial charge in [-0.05, 0) is 31.6 Å². The molecule has 0 saturated heterocycles. The highest BCUT2D eigenvalue weighted by atomic mass is 32.2. The first-order valence-electron chi connectivity index (χ1n) is 6.65. The first kappa shape index (κ1) is 13.2. The molecule has 2 rings (SSSR count). The van der Waals surface area contributed by atoms with Crippen molar-refractivity contribution in [2.75, 3.05) is 12.9 Å². The summed E-state index contributed by atoms with van der Waals surface area (Å²) in [4.78, 5) is 11.8. The maximum absolute atomic E-state index is 11.8. The molecule has 2 N–H and O–H groups in total. The van der Waals surface area contributed by atoms with Crippen LogP contribution in [0.1, 0.15) is 44.9 Å². The summed E-state index contributed by atoms with van der Waals surface area (Å²) in [7, 11) is 1.44. The molecule has 0 bridgehead atoms. The number of thioether (sulfide) groups is 1. The zero-order chi connectivity index (χ0) is 12.3. The number of ether oxygens (including phenoxy) is 1. The van der Waals surface area contributed by atoms with Crippen LogP contribution >= 0.6 is 11.8 Å². The number of hydrogen-bond donors (Lipinski definition) is 1. The lowest BCUT2D eigenvalue weighted by molar-refractivity contribution is -0.146. The number of rotatable bonds is 5. The summed E-state index contributed by atoms with van der Waals surface area (Å²) >= 11 is 1.89. The summed E-state index contributed by atoms with van der Waals surface area (Å²) in [6.45, 7) is 0. The van der Waals surface area contributed by atoms with E-state index in [-0.39, 0.29) is 5.97 Å². The maximum Gasteiger partial charge on any atom is 0.326 e. The molecule has 1 unspecified atom stereocenters. The van der Waals surface area contributed by atoms with Crippen molar-refractivity contribution in [1.29, 1.82) is 0 Å². The molecular formula is C13H23NO2S. The van der Waals surface area contributed by atoms with Gasteiger partial charge < -0.3 is 10.5 Å². The zero-order valence-electron chi connectivity index (χ0n) is 10.6. The van der Waals surface area contributed by atoms with Crippen molar-refractivity contribution in [3.63, 3.8) is 0 Å². The van der Waals surface area contributed by atoms with Crippen LogP contribution in [0.4, 0.5) is 0 Å². The minimum Gasteiger partial charge on any atom is -0.468 e. The van der Waals surface area contributed by atoms with Crippen molar-refractivity contribution in [2.24, 2.45) is 11.7 Å². The molecule has 3 nitrogen and oxygen atoms in total. The topological polar surface area (TPSA) is 52.3 Å². The Morgan fingerprint density at radius 1 is 1.29 bits per heavy atom. The Bertz CT molecular complexity index is 275. The smallest absolute Gasteiger partial charge is 0.326 e. The van der Waals surface area contributed by atoms with E-state index in [2.05, 4.69) is 0 Å². The van der Waals surface area contributed by atoms with Gasteiger partial charge in [0.2, 0.25) is 0 Å². The van der Waals surface area contributed by atoms with Crippen molar-refractivity contribution in [3.05, 3.63) is 0 Å². The first-order chi connectivity index (χ1) is 8.16. The van der Waals surface area contributed by atoms with Gasteiger partial charge in [0.25, 0.3) is 0 Å². The number of nitrogens with two attached hydrogens (primary N) is 1. The molecule has 0 amide bonds. The van der Waals surface area contributed by atoms with Crippen LogP contribution in [0.15, 0.2) is 0 Å². The highest BCUT2D eigenvalue weighted by Gasteiger charge is 2.49. The van der Waals surface area contributed by atoms with Crippen molar-refractivity contribution in [1.82, 2.24) is 0 Å².